The number of aryl methyl sites for hydroxylation is 5. The summed E-state index contributed by atoms with van der Waals surface area (Å²) in [7, 11) is 0. The SMILES string of the molecule is C=Cc1ccc(C(=NC(=C)c2ccc(C)cc2CCCC)c2ccc(C)cc2C)c(C)c1. The minimum absolute atomic E-state index is 0.818. The Bertz CT molecular complexity index is 1180. The lowest BCUT2D eigenvalue weighted by Crippen LogP contribution is -2.09. The lowest BCUT2D eigenvalue weighted by Gasteiger charge is -2.16. The third-order valence-electron chi connectivity index (χ3n) is 6.00. The molecular formula is C31H35N. The summed E-state index contributed by atoms with van der Waals surface area (Å²) in [6.45, 7) is 19.1. The van der Waals surface area contributed by atoms with Gasteiger partial charge in [0.05, 0.1) is 11.4 Å². The first-order chi connectivity index (χ1) is 15.3. The van der Waals surface area contributed by atoms with E-state index in [1.165, 1.54) is 40.7 Å². The number of unbranched alkanes of at least 4 members (excludes halogenated alkanes) is 1. The minimum Gasteiger partial charge on any atom is -0.248 e. The van der Waals surface area contributed by atoms with Crippen molar-refractivity contribution in [1.82, 2.24) is 0 Å². The number of hydrogen-bond donors (Lipinski definition) is 0. The fourth-order valence-electron chi connectivity index (χ4n) is 4.20. The van der Waals surface area contributed by atoms with Crippen molar-refractivity contribution < 1.29 is 0 Å². The van der Waals surface area contributed by atoms with E-state index in [1.807, 2.05) is 6.08 Å². The zero-order valence-corrected chi connectivity index (χ0v) is 20.3. The molecule has 0 N–H and O–H groups in total. The molecule has 32 heavy (non-hydrogen) atoms. The van der Waals surface area contributed by atoms with Gasteiger partial charge in [0, 0.05) is 16.7 Å². The van der Waals surface area contributed by atoms with Crippen molar-refractivity contribution >= 4 is 17.5 Å². The molecule has 0 unspecified atom stereocenters. The Labute approximate surface area is 194 Å². The van der Waals surface area contributed by atoms with Crippen LogP contribution in [0.2, 0.25) is 0 Å². The topological polar surface area (TPSA) is 12.4 Å². The average Bonchev–Trinajstić information content (AvgIpc) is 2.76. The molecule has 164 valence electrons. The van der Waals surface area contributed by atoms with Gasteiger partial charge in [-0.1, -0.05) is 98.3 Å². The van der Waals surface area contributed by atoms with Crippen LogP contribution in [0, 0.1) is 27.7 Å². The maximum atomic E-state index is 5.19. The van der Waals surface area contributed by atoms with E-state index >= 15 is 0 Å². The molecule has 3 aromatic rings. The van der Waals surface area contributed by atoms with Crippen molar-refractivity contribution in [3.63, 3.8) is 0 Å². The van der Waals surface area contributed by atoms with Gasteiger partial charge in [0.2, 0.25) is 0 Å². The highest BCUT2D eigenvalue weighted by molar-refractivity contribution is 6.16. The Hall–Kier alpha value is -3.19. The molecule has 0 aliphatic heterocycles. The van der Waals surface area contributed by atoms with Gasteiger partial charge in [0.25, 0.3) is 0 Å². The standard InChI is InChI=1S/C31H35N/c1-8-10-11-27-19-22(4)13-16-30(27)25(7)32-31(28-15-12-21(3)18-23(28)5)29-17-14-26(9-2)20-24(29)6/h9,12-20H,2,7-8,10-11H2,1,3-6H3. The molecule has 0 spiro atoms. The second-order valence-electron chi connectivity index (χ2n) is 8.77. The summed E-state index contributed by atoms with van der Waals surface area (Å²) in [6, 6.07) is 19.6. The predicted molar refractivity (Wildman–Crippen MR) is 142 cm³/mol. The van der Waals surface area contributed by atoms with Gasteiger partial charge >= 0.3 is 0 Å². The van der Waals surface area contributed by atoms with E-state index in [1.54, 1.807) is 0 Å². The summed E-state index contributed by atoms with van der Waals surface area (Å²) >= 11 is 0. The summed E-state index contributed by atoms with van der Waals surface area (Å²) in [5.74, 6) is 0. The summed E-state index contributed by atoms with van der Waals surface area (Å²) in [6.07, 6.45) is 5.27. The monoisotopic (exact) mass is 421 g/mol. The summed E-state index contributed by atoms with van der Waals surface area (Å²) in [5, 5.41) is 0. The van der Waals surface area contributed by atoms with Crippen molar-refractivity contribution in [3.8, 4) is 0 Å². The van der Waals surface area contributed by atoms with Crippen molar-refractivity contribution in [2.24, 2.45) is 4.99 Å². The van der Waals surface area contributed by atoms with Crippen LogP contribution in [0.25, 0.3) is 11.8 Å². The van der Waals surface area contributed by atoms with Crippen LogP contribution in [0.5, 0.6) is 0 Å². The quantitative estimate of drug-likeness (QED) is 0.324. The van der Waals surface area contributed by atoms with Crippen molar-refractivity contribution in [3.05, 3.63) is 118 Å². The molecule has 0 saturated carbocycles. The lowest BCUT2D eigenvalue weighted by molar-refractivity contribution is 0.793. The fourth-order valence-corrected chi connectivity index (χ4v) is 4.20. The van der Waals surface area contributed by atoms with Crippen molar-refractivity contribution in [2.75, 3.05) is 0 Å². The minimum atomic E-state index is 0.818. The van der Waals surface area contributed by atoms with E-state index in [-0.39, 0.29) is 0 Å². The van der Waals surface area contributed by atoms with Gasteiger partial charge in [-0.2, -0.15) is 0 Å². The van der Waals surface area contributed by atoms with Crippen LogP contribution in [-0.2, 0) is 6.42 Å². The molecule has 0 bridgehead atoms. The molecule has 1 heteroatoms. The molecule has 3 aromatic carbocycles. The second kappa shape index (κ2) is 10.4. The van der Waals surface area contributed by atoms with Crippen molar-refractivity contribution in [1.29, 1.82) is 0 Å². The summed E-state index contributed by atoms with van der Waals surface area (Å²) in [4.78, 5) is 5.19. The normalized spacial score (nSPS) is 11.5. The maximum Gasteiger partial charge on any atom is 0.0786 e. The van der Waals surface area contributed by atoms with Crippen LogP contribution in [0.4, 0.5) is 0 Å². The smallest absolute Gasteiger partial charge is 0.0786 e. The van der Waals surface area contributed by atoms with E-state index in [2.05, 4.69) is 102 Å². The first-order valence-corrected chi connectivity index (χ1v) is 11.5. The molecule has 0 fully saturated rings. The summed E-state index contributed by atoms with van der Waals surface area (Å²) < 4.78 is 0. The maximum absolute atomic E-state index is 5.19. The van der Waals surface area contributed by atoms with Crippen LogP contribution in [0.3, 0.4) is 0 Å². The summed E-state index contributed by atoms with van der Waals surface area (Å²) in [5.41, 5.74) is 12.6. The van der Waals surface area contributed by atoms with Crippen LogP contribution < -0.4 is 0 Å². The average molecular weight is 422 g/mol. The van der Waals surface area contributed by atoms with E-state index in [0.29, 0.717) is 0 Å². The predicted octanol–water partition coefficient (Wildman–Crippen LogP) is 8.41. The Kier molecular flexibility index (Phi) is 7.64. The highest BCUT2D eigenvalue weighted by atomic mass is 14.8. The molecule has 3 rings (SSSR count). The highest BCUT2D eigenvalue weighted by Gasteiger charge is 2.15. The van der Waals surface area contributed by atoms with Gasteiger partial charge in [-0.15, -0.1) is 0 Å². The molecule has 0 atom stereocenters. The van der Waals surface area contributed by atoms with E-state index < -0.39 is 0 Å². The molecule has 1 nitrogen and oxygen atoms in total. The van der Waals surface area contributed by atoms with E-state index in [4.69, 9.17) is 4.99 Å². The molecule has 0 aliphatic rings. The van der Waals surface area contributed by atoms with Gasteiger partial charge < -0.3 is 0 Å². The van der Waals surface area contributed by atoms with Crippen LogP contribution >= 0.6 is 0 Å². The first kappa shape index (κ1) is 23.5. The first-order valence-electron chi connectivity index (χ1n) is 11.5. The molecular weight excluding hydrogens is 386 g/mol. The Morgan fingerprint density at radius 3 is 2.00 bits per heavy atom. The number of rotatable bonds is 8. The highest BCUT2D eigenvalue weighted by Crippen LogP contribution is 2.27. The van der Waals surface area contributed by atoms with E-state index in [9.17, 15) is 0 Å². The molecule has 0 heterocycles. The number of hydrogen-bond acceptors (Lipinski definition) is 1. The van der Waals surface area contributed by atoms with Crippen molar-refractivity contribution in [2.45, 2.75) is 53.9 Å². The van der Waals surface area contributed by atoms with Crippen LogP contribution in [0.1, 0.15) is 69.8 Å². The third kappa shape index (κ3) is 5.34. The Balaban J connectivity index is 2.18. The number of aliphatic imine (C=N–C) groups is 1. The van der Waals surface area contributed by atoms with Gasteiger partial charge in [0.1, 0.15) is 0 Å². The fraction of sp³-hybridized carbons (Fsp3) is 0.258. The molecule has 0 saturated heterocycles. The van der Waals surface area contributed by atoms with E-state index in [0.717, 1.165) is 40.1 Å². The second-order valence-corrected chi connectivity index (χ2v) is 8.77. The molecule has 0 aliphatic carbocycles. The Morgan fingerprint density at radius 2 is 1.41 bits per heavy atom. The molecule has 0 aromatic heterocycles. The van der Waals surface area contributed by atoms with Gasteiger partial charge in [-0.05, 0) is 62.8 Å². The third-order valence-corrected chi connectivity index (χ3v) is 6.00. The molecule has 0 amide bonds. The largest absolute Gasteiger partial charge is 0.248 e. The lowest BCUT2D eigenvalue weighted by atomic mass is 9.92. The van der Waals surface area contributed by atoms with Gasteiger partial charge in [0.15, 0.2) is 0 Å². The Morgan fingerprint density at radius 1 is 0.812 bits per heavy atom. The van der Waals surface area contributed by atoms with Gasteiger partial charge in [-0.25, -0.2) is 4.99 Å². The van der Waals surface area contributed by atoms with Gasteiger partial charge in [-0.3, -0.25) is 0 Å². The van der Waals surface area contributed by atoms with Crippen LogP contribution in [-0.4, -0.2) is 5.71 Å². The number of nitrogens with zero attached hydrogens (tertiary/aromatic N) is 1. The zero-order valence-electron chi connectivity index (χ0n) is 20.3. The number of benzene rings is 3. The van der Waals surface area contributed by atoms with Crippen LogP contribution in [0.15, 0.2) is 72.7 Å². The zero-order chi connectivity index (χ0) is 23.3. The molecule has 0 radical (unpaired) electrons.